The third-order valence-corrected chi connectivity index (χ3v) is 5.12. The molecule has 3 aromatic heterocycles. The Kier molecular flexibility index (Phi) is 5.28. The lowest BCUT2D eigenvalue weighted by Gasteiger charge is -2.20. The number of nitriles is 1. The van der Waals surface area contributed by atoms with Gasteiger partial charge in [0.05, 0.1) is 11.6 Å². The Morgan fingerprint density at radius 3 is 2.68 bits per heavy atom. The van der Waals surface area contributed by atoms with Crippen molar-refractivity contribution in [2.45, 2.75) is 13.0 Å². The molecule has 3 N–H and O–H groups in total. The Bertz CT molecular complexity index is 1400. The molecule has 1 aromatic carbocycles. The number of fused-ring (bicyclic) bond motifs is 1. The van der Waals surface area contributed by atoms with Crippen LogP contribution in [0.2, 0.25) is 5.15 Å². The van der Waals surface area contributed by atoms with Crippen molar-refractivity contribution in [1.82, 2.24) is 14.4 Å². The molecule has 154 valence electrons. The molecule has 9 heteroatoms. The second kappa shape index (κ2) is 8.05. The van der Waals surface area contributed by atoms with Crippen molar-refractivity contribution in [3.8, 4) is 17.2 Å². The molecular formula is C22H16ClFN6O. The van der Waals surface area contributed by atoms with Crippen LogP contribution in [0.5, 0.6) is 0 Å². The topological polar surface area (TPSA) is 109 Å². The zero-order chi connectivity index (χ0) is 22.1. The minimum atomic E-state index is -0.516. The van der Waals surface area contributed by atoms with E-state index in [4.69, 9.17) is 17.3 Å². The lowest BCUT2D eigenvalue weighted by atomic mass is 9.96. The molecule has 4 rings (SSSR count). The number of benzene rings is 1. The van der Waals surface area contributed by atoms with Crippen LogP contribution in [0.15, 0.2) is 59.5 Å². The highest BCUT2D eigenvalue weighted by atomic mass is 35.5. The second-order valence-electron chi connectivity index (χ2n) is 6.86. The Balaban J connectivity index is 1.92. The average molecular weight is 435 g/mol. The first kappa shape index (κ1) is 20.3. The molecule has 0 saturated heterocycles. The van der Waals surface area contributed by atoms with E-state index in [2.05, 4.69) is 15.3 Å². The zero-order valence-corrected chi connectivity index (χ0v) is 17.1. The summed E-state index contributed by atoms with van der Waals surface area (Å²) in [7, 11) is 0. The van der Waals surface area contributed by atoms with Gasteiger partial charge in [0.2, 0.25) is 5.95 Å². The summed E-state index contributed by atoms with van der Waals surface area (Å²) in [4.78, 5) is 21.2. The van der Waals surface area contributed by atoms with Crippen LogP contribution in [0.4, 0.5) is 16.2 Å². The Labute approximate surface area is 181 Å². The summed E-state index contributed by atoms with van der Waals surface area (Å²) in [6.45, 7) is 1.81. The summed E-state index contributed by atoms with van der Waals surface area (Å²) >= 11 is 6.03. The smallest absolute Gasteiger partial charge is 0.263 e. The van der Waals surface area contributed by atoms with Gasteiger partial charge in [-0.25, -0.2) is 4.39 Å². The van der Waals surface area contributed by atoms with Crippen LogP contribution < -0.4 is 16.6 Å². The second-order valence-corrected chi connectivity index (χ2v) is 7.22. The van der Waals surface area contributed by atoms with Gasteiger partial charge < -0.3 is 11.1 Å². The largest absolute Gasteiger partial charge is 0.368 e. The molecule has 31 heavy (non-hydrogen) atoms. The Morgan fingerprint density at radius 1 is 1.23 bits per heavy atom. The summed E-state index contributed by atoms with van der Waals surface area (Å²) < 4.78 is 15.1. The van der Waals surface area contributed by atoms with Crippen LogP contribution in [0.3, 0.4) is 0 Å². The van der Waals surface area contributed by atoms with Crippen LogP contribution in [0, 0.1) is 17.1 Å². The molecule has 4 aromatic rings. The molecule has 0 spiro atoms. The van der Waals surface area contributed by atoms with Crippen LogP contribution in [0.25, 0.3) is 16.6 Å². The molecule has 0 aliphatic carbocycles. The molecule has 0 aliphatic heterocycles. The van der Waals surface area contributed by atoms with E-state index in [9.17, 15) is 14.4 Å². The highest BCUT2D eigenvalue weighted by Crippen LogP contribution is 2.30. The Hall–Kier alpha value is -3.96. The number of anilines is 2. The standard InChI is InChI=1S/C22H16ClFN6O/c1-12(27-20-17(10-25)19(23)28-22(26)29-20)16-9-15-8-7-14(24)11-30(15)21(31)18(16)13-5-3-2-4-6-13/h2-9,11-12H,1H3,(H3,26,27,28,29)/t12-/m0/s1. The maximum Gasteiger partial charge on any atom is 0.263 e. The van der Waals surface area contributed by atoms with Gasteiger partial charge in [-0.1, -0.05) is 41.9 Å². The predicted molar refractivity (Wildman–Crippen MR) is 117 cm³/mol. The van der Waals surface area contributed by atoms with Crippen molar-refractivity contribution in [2.24, 2.45) is 0 Å². The van der Waals surface area contributed by atoms with Gasteiger partial charge in [0.15, 0.2) is 11.0 Å². The Morgan fingerprint density at radius 2 is 1.97 bits per heavy atom. The molecular weight excluding hydrogens is 419 g/mol. The van der Waals surface area contributed by atoms with Crippen molar-refractivity contribution < 1.29 is 4.39 Å². The van der Waals surface area contributed by atoms with Crippen molar-refractivity contribution in [3.05, 3.63) is 87.2 Å². The molecule has 0 unspecified atom stereocenters. The first-order valence-electron chi connectivity index (χ1n) is 9.29. The first-order chi connectivity index (χ1) is 14.9. The maximum atomic E-state index is 13.8. The maximum absolute atomic E-state index is 13.8. The van der Waals surface area contributed by atoms with Crippen LogP contribution >= 0.6 is 11.6 Å². The van der Waals surface area contributed by atoms with E-state index in [1.165, 1.54) is 16.5 Å². The lowest BCUT2D eigenvalue weighted by molar-refractivity contribution is 0.618. The van der Waals surface area contributed by atoms with Crippen molar-refractivity contribution in [2.75, 3.05) is 11.1 Å². The van der Waals surface area contributed by atoms with E-state index >= 15 is 0 Å². The van der Waals surface area contributed by atoms with Crippen molar-refractivity contribution in [1.29, 1.82) is 5.26 Å². The van der Waals surface area contributed by atoms with Crippen LogP contribution in [-0.4, -0.2) is 14.4 Å². The zero-order valence-electron chi connectivity index (χ0n) is 16.3. The number of nitrogens with two attached hydrogens (primary N) is 1. The quantitative estimate of drug-likeness (QED) is 0.466. The first-order valence-corrected chi connectivity index (χ1v) is 9.66. The van der Waals surface area contributed by atoms with E-state index < -0.39 is 11.9 Å². The molecule has 1 atom stereocenters. The predicted octanol–water partition coefficient (Wildman–Crippen LogP) is 4.18. The van der Waals surface area contributed by atoms with Gasteiger partial charge in [-0.05, 0) is 36.2 Å². The number of nitrogens with zero attached hydrogens (tertiary/aromatic N) is 4. The average Bonchev–Trinajstić information content (AvgIpc) is 2.74. The van der Waals surface area contributed by atoms with Crippen LogP contribution in [0.1, 0.15) is 24.1 Å². The normalized spacial score (nSPS) is 11.8. The van der Waals surface area contributed by atoms with E-state index in [0.29, 0.717) is 22.2 Å². The third-order valence-electron chi connectivity index (χ3n) is 4.84. The summed E-state index contributed by atoms with van der Waals surface area (Å²) in [5, 5.41) is 12.5. The van der Waals surface area contributed by atoms with E-state index in [1.54, 1.807) is 18.2 Å². The number of hydrogen-bond acceptors (Lipinski definition) is 6. The van der Waals surface area contributed by atoms with Gasteiger partial charge in [0.25, 0.3) is 5.56 Å². The SMILES string of the molecule is C[C@H](Nc1nc(N)nc(Cl)c1C#N)c1cc2ccc(F)cn2c(=O)c1-c1ccccc1. The highest BCUT2D eigenvalue weighted by Gasteiger charge is 2.21. The number of pyridine rings is 2. The van der Waals surface area contributed by atoms with E-state index in [-0.39, 0.29) is 28.0 Å². The summed E-state index contributed by atoms with van der Waals surface area (Å²) in [5.41, 5.74) is 7.60. The summed E-state index contributed by atoms with van der Waals surface area (Å²) in [6, 6.07) is 15.2. The number of halogens is 2. The molecule has 0 radical (unpaired) electrons. The van der Waals surface area contributed by atoms with Crippen LogP contribution in [-0.2, 0) is 0 Å². The molecule has 0 aliphatic rings. The fourth-order valence-electron chi connectivity index (χ4n) is 3.43. The van der Waals surface area contributed by atoms with Gasteiger partial charge in [-0.2, -0.15) is 15.2 Å². The fourth-order valence-corrected chi connectivity index (χ4v) is 3.65. The van der Waals surface area contributed by atoms with Gasteiger partial charge in [-0.15, -0.1) is 0 Å². The number of nitrogen functional groups attached to an aromatic ring is 1. The minimum absolute atomic E-state index is 0.0450. The van der Waals surface area contributed by atoms with Gasteiger partial charge in [0, 0.05) is 11.7 Å². The summed E-state index contributed by atoms with van der Waals surface area (Å²) in [5.74, 6) is -0.445. The third kappa shape index (κ3) is 3.79. The van der Waals surface area contributed by atoms with Gasteiger partial charge in [-0.3, -0.25) is 9.20 Å². The van der Waals surface area contributed by atoms with Crippen molar-refractivity contribution >= 4 is 28.9 Å². The highest BCUT2D eigenvalue weighted by molar-refractivity contribution is 6.31. The van der Waals surface area contributed by atoms with Gasteiger partial charge >= 0.3 is 0 Å². The molecule has 0 fully saturated rings. The molecule has 0 saturated carbocycles. The fraction of sp³-hybridized carbons (Fsp3) is 0.0909. The lowest BCUT2D eigenvalue weighted by Crippen LogP contribution is -2.21. The number of hydrogen-bond donors (Lipinski definition) is 2. The molecule has 0 amide bonds. The number of rotatable bonds is 4. The molecule has 0 bridgehead atoms. The number of aromatic nitrogens is 3. The summed E-state index contributed by atoms with van der Waals surface area (Å²) in [6.07, 6.45) is 1.16. The minimum Gasteiger partial charge on any atom is -0.368 e. The monoisotopic (exact) mass is 434 g/mol. The van der Waals surface area contributed by atoms with E-state index in [1.807, 2.05) is 31.2 Å². The van der Waals surface area contributed by atoms with Crippen molar-refractivity contribution in [3.63, 3.8) is 0 Å². The molecule has 7 nitrogen and oxygen atoms in total. The molecule has 3 heterocycles. The van der Waals surface area contributed by atoms with E-state index in [0.717, 1.165) is 6.20 Å². The number of nitrogens with one attached hydrogen (secondary N) is 1. The van der Waals surface area contributed by atoms with Gasteiger partial charge in [0.1, 0.15) is 17.4 Å².